The zero-order valence-electron chi connectivity index (χ0n) is 17.9. The maximum absolute atomic E-state index is 12.8. The molecule has 1 aliphatic carbocycles. The van der Waals surface area contributed by atoms with E-state index in [0.29, 0.717) is 13.1 Å². The highest BCUT2D eigenvalue weighted by Gasteiger charge is 2.60. The number of fused-ring (bicyclic) bond motifs is 1. The number of hydrogen-bond acceptors (Lipinski definition) is 4. The fourth-order valence-corrected chi connectivity index (χ4v) is 4.08. The number of aromatic nitrogens is 1. The van der Waals surface area contributed by atoms with Gasteiger partial charge in [0.1, 0.15) is 5.60 Å². The van der Waals surface area contributed by atoms with Crippen molar-refractivity contribution in [1.29, 1.82) is 0 Å². The zero-order valence-corrected chi connectivity index (χ0v) is 17.9. The highest BCUT2D eigenvalue weighted by molar-refractivity contribution is 5.84. The molecule has 1 aliphatic heterocycles. The summed E-state index contributed by atoms with van der Waals surface area (Å²) in [6, 6.07) is 4.01. The molecular formula is C22H33N3O3. The van der Waals surface area contributed by atoms with Crippen molar-refractivity contribution < 1.29 is 14.3 Å². The van der Waals surface area contributed by atoms with Gasteiger partial charge in [-0.05, 0) is 77.8 Å². The molecule has 1 aromatic heterocycles. The van der Waals surface area contributed by atoms with E-state index in [2.05, 4.69) is 37.1 Å². The van der Waals surface area contributed by atoms with Gasteiger partial charge >= 0.3 is 6.09 Å². The molecule has 3 atom stereocenters. The number of rotatable bonds is 5. The molecule has 3 rings (SSSR count). The van der Waals surface area contributed by atoms with Crippen LogP contribution in [0.5, 0.6) is 0 Å². The topological polar surface area (TPSA) is 71.5 Å². The number of nitrogens with zero attached hydrogens (tertiary/aromatic N) is 2. The van der Waals surface area contributed by atoms with E-state index in [1.807, 2.05) is 33.0 Å². The van der Waals surface area contributed by atoms with Gasteiger partial charge in [-0.15, -0.1) is 0 Å². The van der Waals surface area contributed by atoms with Crippen molar-refractivity contribution in [2.24, 2.45) is 17.8 Å². The van der Waals surface area contributed by atoms with Crippen molar-refractivity contribution in [1.82, 2.24) is 15.2 Å². The van der Waals surface area contributed by atoms with Crippen molar-refractivity contribution in [3.05, 3.63) is 29.6 Å². The SMILES string of the molecule is Cc1cccnc1CCC(C)(C)NC(=O)C1[C@H]2CN(C(=O)OC(C)(C)C)C[C@@H]12. The van der Waals surface area contributed by atoms with E-state index in [1.54, 1.807) is 4.90 Å². The Hall–Kier alpha value is -2.11. The van der Waals surface area contributed by atoms with Gasteiger partial charge in [-0.3, -0.25) is 9.78 Å². The van der Waals surface area contributed by atoms with Gasteiger partial charge in [0.2, 0.25) is 5.91 Å². The number of nitrogens with one attached hydrogen (secondary N) is 1. The van der Waals surface area contributed by atoms with E-state index in [0.717, 1.165) is 18.5 Å². The lowest BCUT2D eigenvalue weighted by Crippen LogP contribution is -2.46. The fraction of sp³-hybridized carbons (Fsp3) is 0.682. The number of carbonyl (C=O) groups excluding carboxylic acids is 2. The standard InChI is InChI=1S/C22H33N3O3/c1-14-8-7-11-23-17(14)9-10-22(5,6)24-19(26)18-15-12-25(13-16(15)18)20(27)28-21(2,3)4/h7-8,11,15-16,18H,9-10,12-13H2,1-6H3,(H,24,26)/t15-,16+,18?. The Morgan fingerprint density at radius 2 is 1.86 bits per heavy atom. The van der Waals surface area contributed by atoms with Gasteiger partial charge in [-0.25, -0.2) is 4.79 Å². The van der Waals surface area contributed by atoms with Gasteiger partial charge in [0, 0.05) is 36.4 Å². The van der Waals surface area contributed by atoms with Crippen LogP contribution in [0.1, 0.15) is 52.3 Å². The van der Waals surface area contributed by atoms with Gasteiger partial charge in [-0.1, -0.05) is 6.07 Å². The third-order valence-electron chi connectivity index (χ3n) is 5.71. The molecule has 1 unspecified atom stereocenters. The van der Waals surface area contributed by atoms with Crippen LogP contribution in [-0.4, -0.2) is 46.1 Å². The van der Waals surface area contributed by atoms with Crippen LogP contribution >= 0.6 is 0 Å². The Morgan fingerprint density at radius 3 is 2.43 bits per heavy atom. The molecule has 0 aromatic carbocycles. The molecule has 2 fully saturated rings. The Morgan fingerprint density at radius 1 is 1.21 bits per heavy atom. The van der Waals surface area contributed by atoms with Crippen molar-refractivity contribution in [2.75, 3.05) is 13.1 Å². The fourth-order valence-electron chi connectivity index (χ4n) is 4.08. The first-order valence-corrected chi connectivity index (χ1v) is 10.2. The third kappa shape index (κ3) is 4.83. The molecule has 154 valence electrons. The average Bonchev–Trinajstić information content (AvgIpc) is 3.07. The van der Waals surface area contributed by atoms with E-state index < -0.39 is 5.60 Å². The van der Waals surface area contributed by atoms with Crippen LogP contribution in [0.15, 0.2) is 18.3 Å². The minimum Gasteiger partial charge on any atom is -0.444 e. The van der Waals surface area contributed by atoms with Crippen LogP contribution < -0.4 is 5.32 Å². The van der Waals surface area contributed by atoms with Gasteiger partial charge in [0.25, 0.3) is 0 Å². The number of hydrogen-bond donors (Lipinski definition) is 1. The molecule has 2 heterocycles. The third-order valence-corrected chi connectivity index (χ3v) is 5.71. The molecule has 0 spiro atoms. The molecular weight excluding hydrogens is 354 g/mol. The summed E-state index contributed by atoms with van der Waals surface area (Å²) in [6.07, 6.45) is 3.22. The molecule has 6 heteroatoms. The van der Waals surface area contributed by atoms with E-state index in [-0.39, 0.29) is 35.3 Å². The van der Waals surface area contributed by atoms with Crippen molar-refractivity contribution in [3.8, 4) is 0 Å². The van der Waals surface area contributed by atoms with Crippen LogP contribution in [0.25, 0.3) is 0 Å². The van der Waals surface area contributed by atoms with Crippen LogP contribution in [0.2, 0.25) is 0 Å². The first kappa shape index (κ1) is 20.6. The molecule has 1 saturated carbocycles. The largest absolute Gasteiger partial charge is 0.444 e. The number of aryl methyl sites for hydroxylation is 2. The van der Waals surface area contributed by atoms with Crippen LogP contribution in [0.4, 0.5) is 4.79 Å². The number of likely N-dealkylation sites (tertiary alicyclic amines) is 1. The number of piperidine rings is 1. The highest BCUT2D eigenvalue weighted by atomic mass is 16.6. The maximum atomic E-state index is 12.8. The Kier molecular flexibility index (Phi) is 5.43. The van der Waals surface area contributed by atoms with Gasteiger partial charge in [0.05, 0.1) is 0 Å². The lowest BCUT2D eigenvalue weighted by atomic mass is 9.95. The van der Waals surface area contributed by atoms with E-state index in [4.69, 9.17) is 4.74 Å². The molecule has 2 aliphatic rings. The monoisotopic (exact) mass is 387 g/mol. The lowest BCUT2D eigenvalue weighted by Gasteiger charge is -2.28. The average molecular weight is 388 g/mol. The summed E-state index contributed by atoms with van der Waals surface area (Å²) in [5.74, 6) is 0.666. The van der Waals surface area contributed by atoms with Crippen LogP contribution in [-0.2, 0) is 16.0 Å². The summed E-state index contributed by atoms with van der Waals surface area (Å²) in [5, 5.41) is 3.22. The smallest absolute Gasteiger partial charge is 0.410 e. The van der Waals surface area contributed by atoms with Gasteiger partial charge in [0.15, 0.2) is 0 Å². The molecule has 0 radical (unpaired) electrons. The van der Waals surface area contributed by atoms with Crippen molar-refractivity contribution in [3.63, 3.8) is 0 Å². The lowest BCUT2D eigenvalue weighted by molar-refractivity contribution is -0.125. The molecule has 6 nitrogen and oxygen atoms in total. The minimum absolute atomic E-state index is 0.0227. The van der Waals surface area contributed by atoms with E-state index in [1.165, 1.54) is 5.56 Å². The molecule has 1 aromatic rings. The molecule has 0 bridgehead atoms. The van der Waals surface area contributed by atoms with Crippen LogP contribution in [0.3, 0.4) is 0 Å². The second-order valence-electron chi connectivity index (χ2n) is 9.88. The summed E-state index contributed by atoms with van der Waals surface area (Å²) >= 11 is 0. The molecule has 1 N–H and O–H groups in total. The predicted molar refractivity (Wildman–Crippen MR) is 108 cm³/mol. The quantitative estimate of drug-likeness (QED) is 0.841. The maximum Gasteiger partial charge on any atom is 0.410 e. The number of amides is 2. The van der Waals surface area contributed by atoms with Crippen molar-refractivity contribution >= 4 is 12.0 Å². The summed E-state index contributed by atoms with van der Waals surface area (Å²) in [6.45, 7) is 13.0. The Balaban J connectivity index is 1.46. The first-order valence-electron chi connectivity index (χ1n) is 10.2. The number of pyridine rings is 1. The second-order valence-corrected chi connectivity index (χ2v) is 9.88. The van der Waals surface area contributed by atoms with Gasteiger partial charge in [-0.2, -0.15) is 0 Å². The number of carbonyl (C=O) groups is 2. The first-order chi connectivity index (χ1) is 13.0. The Bertz CT molecular complexity index is 742. The summed E-state index contributed by atoms with van der Waals surface area (Å²) < 4.78 is 5.43. The van der Waals surface area contributed by atoms with Gasteiger partial charge < -0.3 is 15.0 Å². The normalized spacial score (nSPS) is 23.9. The molecule has 2 amide bonds. The number of ether oxygens (including phenoxy) is 1. The van der Waals surface area contributed by atoms with Crippen LogP contribution in [0, 0.1) is 24.7 Å². The second kappa shape index (κ2) is 7.37. The zero-order chi connectivity index (χ0) is 20.7. The summed E-state index contributed by atoms with van der Waals surface area (Å²) in [7, 11) is 0. The minimum atomic E-state index is -0.489. The highest BCUT2D eigenvalue weighted by Crippen LogP contribution is 2.52. The summed E-state index contributed by atoms with van der Waals surface area (Å²) in [4.78, 5) is 31.1. The molecule has 28 heavy (non-hydrogen) atoms. The predicted octanol–water partition coefficient (Wildman–Crippen LogP) is 3.33. The van der Waals surface area contributed by atoms with E-state index in [9.17, 15) is 9.59 Å². The van der Waals surface area contributed by atoms with E-state index >= 15 is 0 Å². The van der Waals surface area contributed by atoms with Crippen molar-refractivity contribution in [2.45, 2.75) is 65.5 Å². The molecule has 1 saturated heterocycles. The summed E-state index contributed by atoms with van der Waals surface area (Å²) in [5.41, 5.74) is 1.49. The Labute approximate surface area is 168 Å².